The summed E-state index contributed by atoms with van der Waals surface area (Å²) in [6.07, 6.45) is 2.10. The van der Waals surface area contributed by atoms with Gasteiger partial charge < -0.3 is 9.88 Å². The molecule has 0 bridgehead atoms. The molecule has 0 saturated carbocycles. The highest BCUT2D eigenvalue weighted by Crippen LogP contribution is 2.13. The minimum Gasteiger partial charge on any atom is -0.344 e. The Hall–Kier alpha value is -2.13. The Bertz CT molecular complexity index is 685. The van der Waals surface area contributed by atoms with Crippen LogP contribution in [0.2, 0.25) is 0 Å². The molecule has 3 aromatic rings. The van der Waals surface area contributed by atoms with Crippen molar-refractivity contribution in [1.29, 1.82) is 0 Å². The van der Waals surface area contributed by atoms with E-state index < -0.39 is 0 Å². The summed E-state index contributed by atoms with van der Waals surface area (Å²) in [6.45, 7) is 1.69. The van der Waals surface area contributed by atoms with Gasteiger partial charge >= 0.3 is 0 Å². The number of para-hydroxylation sites is 1. The van der Waals surface area contributed by atoms with Crippen LogP contribution in [0.25, 0.3) is 10.9 Å². The first-order chi connectivity index (χ1) is 9.36. The number of benzene rings is 1. The van der Waals surface area contributed by atoms with Crippen molar-refractivity contribution < 1.29 is 0 Å². The molecule has 0 fully saturated rings. The first-order valence-electron chi connectivity index (χ1n) is 6.50. The van der Waals surface area contributed by atoms with Crippen LogP contribution in [0.1, 0.15) is 11.4 Å². The van der Waals surface area contributed by atoms with Crippen LogP contribution in [0.15, 0.2) is 54.7 Å². The number of aromatic nitrogens is 2. The van der Waals surface area contributed by atoms with E-state index in [2.05, 4.69) is 52.5 Å². The fourth-order valence-electron chi connectivity index (χ4n) is 2.32. The summed E-state index contributed by atoms with van der Waals surface area (Å²) in [5.74, 6) is 0. The predicted molar refractivity (Wildman–Crippen MR) is 78.0 cm³/mol. The largest absolute Gasteiger partial charge is 0.344 e. The first-order valence-corrected chi connectivity index (χ1v) is 6.50. The van der Waals surface area contributed by atoms with Crippen molar-refractivity contribution in [2.45, 2.75) is 13.1 Å². The summed E-state index contributed by atoms with van der Waals surface area (Å²) in [7, 11) is 1.96. The van der Waals surface area contributed by atoms with Gasteiger partial charge in [0.15, 0.2) is 0 Å². The van der Waals surface area contributed by atoms with Gasteiger partial charge in [-0.3, -0.25) is 4.98 Å². The molecule has 0 amide bonds. The minimum atomic E-state index is 0.814. The fraction of sp³-hybridized carbons (Fsp3) is 0.188. The van der Waals surface area contributed by atoms with Gasteiger partial charge in [-0.1, -0.05) is 24.3 Å². The van der Waals surface area contributed by atoms with Crippen molar-refractivity contribution in [1.82, 2.24) is 14.9 Å². The molecule has 3 heteroatoms. The number of rotatable bonds is 4. The molecule has 2 aromatic heterocycles. The maximum Gasteiger partial charge on any atom is 0.0706 e. The Morgan fingerprint density at radius 2 is 1.95 bits per heavy atom. The second-order valence-corrected chi connectivity index (χ2v) is 4.65. The smallest absolute Gasteiger partial charge is 0.0706 e. The highest BCUT2D eigenvalue weighted by atomic mass is 15.0. The lowest BCUT2D eigenvalue weighted by Gasteiger charge is -2.09. The molecular formula is C16H17N3. The van der Waals surface area contributed by atoms with Crippen LogP contribution in [0.3, 0.4) is 0 Å². The van der Waals surface area contributed by atoms with Crippen LogP contribution < -0.4 is 5.32 Å². The van der Waals surface area contributed by atoms with Crippen LogP contribution in [0, 0.1) is 0 Å². The highest BCUT2D eigenvalue weighted by molar-refractivity contribution is 5.78. The van der Waals surface area contributed by atoms with Crippen molar-refractivity contribution >= 4 is 10.9 Å². The Morgan fingerprint density at radius 3 is 2.84 bits per heavy atom. The van der Waals surface area contributed by atoms with Crippen molar-refractivity contribution in [3.8, 4) is 0 Å². The second-order valence-electron chi connectivity index (χ2n) is 4.65. The first kappa shape index (κ1) is 11.9. The van der Waals surface area contributed by atoms with Crippen molar-refractivity contribution in [2.24, 2.45) is 0 Å². The number of fused-ring (bicyclic) bond motifs is 1. The van der Waals surface area contributed by atoms with Gasteiger partial charge in [-0.05, 0) is 31.3 Å². The molecule has 96 valence electrons. The molecule has 0 unspecified atom stereocenters. The molecule has 1 aromatic carbocycles. The third-order valence-electron chi connectivity index (χ3n) is 3.27. The molecule has 3 nitrogen and oxygen atoms in total. The van der Waals surface area contributed by atoms with Crippen LogP contribution in [-0.2, 0) is 13.1 Å². The van der Waals surface area contributed by atoms with E-state index in [-0.39, 0.29) is 0 Å². The van der Waals surface area contributed by atoms with E-state index in [1.165, 1.54) is 11.1 Å². The number of hydrogen-bond acceptors (Lipinski definition) is 2. The Balaban J connectivity index is 1.90. The normalized spacial score (nSPS) is 11.0. The number of pyridine rings is 1. The molecule has 1 N–H and O–H groups in total. The van der Waals surface area contributed by atoms with E-state index in [0.29, 0.717) is 0 Å². The number of nitrogens with zero attached hydrogens (tertiary/aromatic N) is 2. The summed E-state index contributed by atoms with van der Waals surface area (Å²) < 4.78 is 2.23. The maximum absolute atomic E-state index is 4.71. The molecule has 0 aliphatic heterocycles. The lowest BCUT2D eigenvalue weighted by atomic mass is 10.2. The van der Waals surface area contributed by atoms with E-state index in [9.17, 15) is 0 Å². The molecule has 0 radical (unpaired) electrons. The summed E-state index contributed by atoms with van der Waals surface area (Å²) in [4.78, 5) is 4.71. The Morgan fingerprint density at radius 1 is 1.05 bits per heavy atom. The topological polar surface area (TPSA) is 29.9 Å². The van der Waals surface area contributed by atoms with E-state index in [4.69, 9.17) is 4.98 Å². The third-order valence-corrected chi connectivity index (χ3v) is 3.27. The van der Waals surface area contributed by atoms with Crippen LogP contribution in [-0.4, -0.2) is 16.6 Å². The Labute approximate surface area is 112 Å². The van der Waals surface area contributed by atoms with Gasteiger partial charge in [0.2, 0.25) is 0 Å². The Kier molecular flexibility index (Phi) is 3.29. The second kappa shape index (κ2) is 5.24. The average Bonchev–Trinajstić information content (AvgIpc) is 2.86. The maximum atomic E-state index is 4.71. The lowest BCUT2D eigenvalue weighted by molar-refractivity contribution is 0.686. The number of hydrogen-bond donors (Lipinski definition) is 1. The van der Waals surface area contributed by atoms with Gasteiger partial charge in [0, 0.05) is 23.8 Å². The van der Waals surface area contributed by atoms with Gasteiger partial charge in [0.1, 0.15) is 0 Å². The van der Waals surface area contributed by atoms with Gasteiger partial charge in [-0.15, -0.1) is 0 Å². The molecule has 3 rings (SSSR count). The van der Waals surface area contributed by atoms with Crippen LogP contribution >= 0.6 is 0 Å². The molecule has 2 heterocycles. The molecular weight excluding hydrogens is 234 g/mol. The van der Waals surface area contributed by atoms with E-state index in [0.717, 1.165) is 24.3 Å². The standard InChI is InChI=1S/C16H17N3/c1-17-11-15-6-4-10-19(15)12-14-9-8-13-5-2-3-7-16(13)18-14/h2-10,17H,11-12H2,1H3. The SMILES string of the molecule is CNCc1cccn1Cc1ccc2ccccc2n1. The van der Waals surface area contributed by atoms with Crippen molar-refractivity contribution in [2.75, 3.05) is 7.05 Å². The van der Waals surface area contributed by atoms with E-state index >= 15 is 0 Å². The average molecular weight is 251 g/mol. The highest BCUT2D eigenvalue weighted by Gasteiger charge is 2.03. The molecule has 19 heavy (non-hydrogen) atoms. The predicted octanol–water partition coefficient (Wildman–Crippen LogP) is 2.80. The van der Waals surface area contributed by atoms with Gasteiger partial charge in [-0.2, -0.15) is 0 Å². The quantitative estimate of drug-likeness (QED) is 0.772. The van der Waals surface area contributed by atoms with Crippen molar-refractivity contribution in [3.05, 3.63) is 66.1 Å². The summed E-state index contributed by atoms with van der Waals surface area (Å²) in [5, 5.41) is 4.37. The monoisotopic (exact) mass is 251 g/mol. The van der Waals surface area contributed by atoms with Crippen LogP contribution in [0.5, 0.6) is 0 Å². The van der Waals surface area contributed by atoms with E-state index in [1.54, 1.807) is 0 Å². The zero-order valence-corrected chi connectivity index (χ0v) is 11.0. The van der Waals surface area contributed by atoms with Gasteiger partial charge in [-0.25, -0.2) is 0 Å². The van der Waals surface area contributed by atoms with Crippen LogP contribution in [0.4, 0.5) is 0 Å². The minimum absolute atomic E-state index is 0.814. The number of nitrogens with one attached hydrogen (secondary N) is 1. The van der Waals surface area contributed by atoms with Gasteiger partial charge in [0.25, 0.3) is 0 Å². The summed E-state index contributed by atoms with van der Waals surface area (Å²) in [6, 6.07) is 16.7. The summed E-state index contributed by atoms with van der Waals surface area (Å²) in [5.41, 5.74) is 3.42. The molecule has 0 aliphatic rings. The van der Waals surface area contributed by atoms with Crippen molar-refractivity contribution in [3.63, 3.8) is 0 Å². The lowest BCUT2D eigenvalue weighted by Crippen LogP contribution is -2.11. The summed E-state index contributed by atoms with van der Waals surface area (Å²) >= 11 is 0. The van der Waals surface area contributed by atoms with Gasteiger partial charge in [0.05, 0.1) is 17.8 Å². The fourth-order valence-corrected chi connectivity index (χ4v) is 2.32. The molecule has 0 spiro atoms. The third kappa shape index (κ3) is 2.51. The molecule has 0 aliphatic carbocycles. The zero-order valence-electron chi connectivity index (χ0n) is 11.0. The van der Waals surface area contributed by atoms with E-state index in [1.807, 2.05) is 19.2 Å². The molecule has 0 atom stereocenters. The molecule has 0 saturated heterocycles. The zero-order chi connectivity index (χ0) is 13.1.